The monoisotopic (exact) mass is 422 g/mol. The Kier molecular flexibility index (Phi) is 4.25. The Morgan fingerprint density at radius 3 is 2.75 bits per heavy atom. The molecule has 0 bridgehead atoms. The number of nitrogens with one attached hydrogen (secondary N) is 1. The molecule has 0 amide bonds. The number of hydrogen-bond acceptors (Lipinski definition) is 3. The zero-order valence-corrected chi connectivity index (χ0v) is 14.8. The third-order valence-electron chi connectivity index (χ3n) is 4.08. The van der Waals surface area contributed by atoms with Gasteiger partial charge in [0, 0.05) is 28.1 Å². The molecule has 0 saturated carbocycles. The Morgan fingerprint density at radius 2 is 2.05 bits per heavy atom. The summed E-state index contributed by atoms with van der Waals surface area (Å²) < 4.78 is 28.6. The molecular weight excluding hydrogens is 408 g/mol. The smallest absolute Gasteiger partial charge is 0.244 e. The third kappa shape index (κ3) is 2.70. The van der Waals surface area contributed by atoms with Crippen molar-refractivity contribution in [1.82, 2.24) is 9.62 Å². The van der Waals surface area contributed by atoms with Crippen LogP contribution in [0.3, 0.4) is 0 Å². The Balaban J connectivity index is 1.89. The van der Waals surface area contributed by atoms with E-state index in [-0.39, 0.29) is 0 Å². The van der Waals surface area contributed by atoms with E-state index in [4.69, 9.17) is 0 Å². The van der Waals surface area contributed by atoms with E-state index >= 15 is 0 Å². The van der Waals surface area contributed by atoms with Gasteiger partial charge in [-0.25, -0.2) is 8.42 Å². The van der Waals surface area contributed by atoms with Gasteiger partial charge in [0.15, 0.2) is 0 Å². The van der Waals surface area contributed by atoms with Gasteiger partial charge in [-0.2, -0.15) is 4.31 Å². The summed E-state index contributed by atoms with van der Waals surface area (Å²) in [4.78, 5) is 0.347. The number of benzene rings is 1. The average Bonchev–Trinajstić information content (AvgIpc) is 2.82. The average molecular weight is 424 g/mol. The van der Waals surface area contributed by atoms with E-state index in [0.29, 0.717) is 34.4 Å². The molecule has 7 heteroatoms. The lowest BCUT2D eigenvalue weighted by atomic mass is 9.94. The molecule has 0 spiro atoms. The van der Waals surface area contributed by atoms with E-state index in [0.717, 1.165) is 23.9 Å². The standard InChI is InChI=1S/C13H16Br2N2O2S/c14-10-3-4-13(11(15)6-10)20(18,19)17-7-9-2-1-5-16-12(9)8-17/h3-4,6,9,12,16H,1-2,5,7-8H2. The molecule has 2 heterocycles. The molecule has 110 valence electrons. The van der Waals surface area contributed by atoms with Gasteiger partial charge in [0.2, 0.25) is 10.0 Å². The van der Waals surface area contributed by atoms with E-state index < -0.39 is 10.0 Å². The lowest BCUT2D eigenvalue weighted by molar-refractivity contribution is 0.339. The van der Waals surface area contributed by atoms with Gasteiger partial charge in [-0.3, -0.25) is 0 Å². The summed E-state index contributed by atoms with van der Waals surface area (Å²) in [6.07, 6.45) is 2.25. The molecule has 0 radical (unpaired) electrons. The molecule has 2 atom stereocenters. The van der Waals surface area contributed by atoms with Crippen LogP contribution in [0.2, 0.25) is 0 Å². The molecule has 0 aromatic heterocycles. The van der Waals surface area contributed by atoms with Crippen molar-refractivity contribution in [2.45, 2.75) is 23.8 Å². The van der Waals surface area contributed by atoms with Gasteiger partial charge < -0.3 is 5.32 Å². The van der Waals surface area contributed by atoms with Crippen LogP contribution in [0.5, 0.6) is 0 Å². The summed E-state index contributed by atoms with van der Waals surface area (Å²) in [5.74, 6) is 0.452. The van der Waals surface area contributed by atoms with Gasteiger partial charge in [-0.05, 0) is 59.4 Å². The Labute approximate surface area is 136 Å². The van der Waals surface area contributed by atoms with Crippen molar-refractivity contribution in [3.05, 3.63) is 27.1 Å². The third-order valence-corrected chi connectivity index (χ3v) is 7.38. The Hall–Kier alpha value is 0.0500. The molecule has 4 nitrogen and oxygen atoms in total. The van der Waals surface area contributed by atoms with Crippen molar-refractivity contribution in [2.24, 2.45) is 5.92 Å². The van der Waals surface area contributed by atoms with Crippen LogP contribution in [0.4, 0.5) is 0 Å². The topological polar surface area (TPSA) is 49.4 Å². The molecule has 1 N–H and O–H groups in total. The van der Waals surface area contributed by atoms with Crippen LogP contribution in [0, 0.1) is 5.92 Å². The van der Waals surface area contributed by atoms with Gasteiger partial charge in [0.25, 0.3) is 0 Å². The van der Waals surface area contributed by atoms with E-state index in [9.17, 15) is 8.42 Å². The van der Waals surface area contributed by atoms with Crippen LogP contribution in [0.15, 0.2) is 32.0 Å². The molecule has 2 aliphatic rings. The number of sulfonamides is 1. The number of hydrogen-bond donors (Lipinski definition) is 1. The minimum absolute atomic E-state index is 0.313. The predicted molar refractivity (Wildman–Crippen MR) is 85.1 cm³/mol. The first-order chi connectivity index (χ1) is 9.48. The fraction of sp³-hybridized carbons (Fsp3) is 0.538. The zero-order chi connectivity index (χ0) is 14.3. The first-order valence-corrected chi connectivity index (χ1v) is 9.69. The second kappa shape index (κ2) is 5.68. The number of rotatable bonds is 2. The number of nitrogens with zero attached hydrogens (tertiary/aromatic N) is 1. The molecule has 1 aromatic carbocycles. The van der Waals surface area contributed by atoms with Gasteiger partial charge >= 0.3 is 0 Å². The van der Waals surface area contributed by atoms with Crippen molar-refractivity contribution in [2.75, 3.05) is 19.6 Å². The van der Waals surface area contributed by atoms with E-state index in [1.54, 1.807) is 22.5 Å². The lowest BCUT2D eigenvalue weighted by Gasteiger charge is -2.24. The Bertz CT molecular complexity index is 607. The summed E-state index contributed by atoms with van der Waals surface area (Å²) in [6, 6.07) is 5.50. The zero-order valence-electron chi connectivity index (χ0n) is 10.9. The summed E-state index contributed by atoms with van der Waals surface area (Å²) in [5, 5.41) is 3.43. The maximum atomic E-state index is 12.8. The summed E-state index contributed by atoms with van der Waals surface area (Å²) in [7, 11) is -3.42. The molecule has 2 unspecified atom stereocenters. The highest BCUT2D eigenvalue weighted by Gasteiger charge is 2.40. The number of fused-ring (bicyclic) bond motifs is 1. The summed E-state index contributed by atoms with van der Waals surface area (Å²) in [5.41, 5.74) is 0. The minimum atomic E-state index is -3.42. The van der Waals surface area contributed by atoms with Crippen molar-refractivity contribution < 1.29 is 8.42 Å². The van der Waals surface area contributed by atoms with Crippen LogP contribution in [-0.2, 0) is 10.0 Å². The van der Waals surface area contributed by atoms with E-state index in [2.05, 4.69) is 37.2 Å². The first-order valence-electron chi connectivity index (χ1n) is 6.67. The maximum Gasteiger partial charge on any atom is 0.244 e. The molecule has 1 aromatic rings. The van der Waals surface area contributed by atoms with Crippen LogP contribution in [0.25, 0.3) is 0 Å². The SMILES string of the molecule is O=S(=O)(c1ccc(Br)cc1Br)N1CC2CCCNC2C1. The quantitative estimate of drug-likeness (QED) is 0.795. The highest BCUT2D eigenvalue weighted by molar-refractivity contribution is 9.11. The number of piperidine rings is 1. The Morgan fingerprint density at radius 1 is 1.25 bits per heavy atom. The van der Waals surface area contributed by atoms with Gasteiger partial charge in [-0.1, -0.05) is 15.9 Å². The van der Waals surface area contributed by atoms with Crippen molar-refractivity contribution >= 4 is 41.9 Å². The fourth-order valence-corrected chi connectivity index (χ4v) is 6.26. The van der Waals surface area contributed by atoms with Crippen LogP contribution >= 0.6 is 31.9 Å². The molecule has 2 fully saturated rings. The highest BCUT2D eigenvalue weighted by atomic mass is 79.9. The predicted octanol–water partition coefficient (Wildman–Crippen LogP) is 2.58. The summed E-state index contributed by atoms with van der Waals surface area (Å²) >= 11 is 6.70. The second-order valence-electron chi connectivity index (χ2n) is 5.36. The summed E-state index contributed by atoms with van der Waals surface area (Å²) in [6.45, 7) is 2.20. The maximum absolute atomic E-state index is 12.8. The molecule has 0 aliphatic carbocycles. The van der Waals surface area contributed by atoms with Crippen LogP contribution in [0.1, 0.15) is 12.8 Å². The minimum Gasteiger partial charge on any atom is -0.312 e. The van der Waals surface area contributed by atoms with Crippen LogP contribution in [-0.4, -0.2) is 38.4 Å². The highest BCUT2D eigenvalue weighted by Crippen LogP contribution is 2.33. The molecule has 2 saturated heterocycles. The second-order valence-corrected chi connectivity index (χ2v) is 9.04. The largest absolute Gasteiger partial charge is 0.312 e. The molecule has 2 aliphatic heterocycles. The van der Waals surface area contributed by atoms with Crippen molar-refractivity contribution in [3.63, 3.8) is 0 Å². The van der Waals surface area contributed by atoms with Gasteiger partial charge in [-0.15, -0.1) is 0 Å². The molecule has 20 heavy (non-hydrogen) atoms. The number of halogens is 2. The van der Waals surface area contributed by atoms with E-state index in [1.165, 1.54) is 0 Å². The lowest BCUT2D eigenvalue weighted by Crippen LogP contribution is -2.41. The van der Waals surface area contributed by atoms with E-state index in [1.807, 2.05) is 0 Å². The van der Waals surface area contributed by atoms with Crippen molar-refractivity contribution in [3.8, 4) is 0 Å². The normalized spacial score (nSPS) is 27.5. The molecule has 3 rings (SSSR count). The van der Waals surface area contributed by atoms with Crippen LogP contribution < -0.4 is 5.32 Å². The first kappa shape index (κ1) is 15.0. The molecular formula is C13H16Br2N2O2S. The fourth-order valence-electron chi connectivity index (χ4n) is 3.03. The van der Waals surface area contributed by atoms with Crippen molar-refractivity contribution in [1.29, 1.82) is 0 Å². The van der Waals surface area contributed by atoms with Gasteiger partial charge in [0.05, 0.1) is 4.90 Å². The van der Waals surface area contributed by atoms with Gasteiger partial charge in [0.1, 0.15) is 0 Å².